The highest BCUT2D eigenvalue weighted by Crippen LogP contribution is 2.55. The summed E-state index contributed by atoms with van der Waals surface area (Å²) in [4.78, 5) is 11.9. The minimum atomic E-state index is -0.388. The highest BCUT2D eigenvalue weighted by atomic mass is 16.3. The molecule has 3 fully saturated rings. The lowest BCUT2D eigenvalue weighted by Gasteiger charge is -2.53. The normalized spacial score (nSPS) is 42.6. The van der Waals surface area contributed by atoms with E-state index in [9.17, 15) is 15.0 Å². The molecule has 3 aliphatic carbocycles. The standard InChI is InChI=1S/C18H28O3/c1-18-10-9-16(20)13(14(18)11-17(18)21)7-8-15(19)12-5-3-2-4-6-12/h7-8,12-16,19-20H,2-6,9-11H2,1H3/t13-,14-,15-,16-,18+/m0/s1. The Morgan fingerprint density at radius 2 is 1.95 bits per heavy atom. The number of Topliss-reactive ketones (excluding diaryl/α,β-unsaturated/α-hetero) is 1. The van der Waals surface area contributed by atoms with Gasteiger partial charge in [0.1, 0.15) is 5.78 Å². The molecule has 3 heteroatoms. The zero-order chi connectivity index (χ0) is 15.0. The first-order valence-corrected chi connectivity index (χ1v) is 8.60. The molecule has 0 spiro atoms. The Morgan fingerprint density at radius 1 is 1.24 bits per heavy atom. The third kappa shape index (κ3) is 2.70. The molecule has 0 heterocycles. The predicted molar refractivity (Wildman–Crippen MR) is 81.7 cm³/mol. The maximum absolute atomic E-state index is 11.9. The molecule has 0 unspecified atom stereocenters. The molecule has 118 valence electrons. The van der Waals surface area contributed by atoms with E-state index in [-0.39, 0.29) is 29.5 Å². The first-order valence-electron chi connectivity index (χ1n) is 8.60. The number of ketones is 1. The second-order valence-corrected chi connectivity index (χ2v) is 7.61. The van der Waals surface area contributed by atoms with Gasteiger partial charge in [0.15, 0.2) is 0 Å². The molecular weight excluding hydrogens is 264 g/mol. The lowest BCUT2D eigenvalue weighted by Crippen LogP contribution is -2.56. The van der Waals surface area contributed by atoms with Crippen LogP contribution < -0.4 is 0 Å². The van der Waals surface area contributed by atoms with Crippen molar-refractivity contribution < 1.29 is 15.0 Å². The van der Waals surface area contributed by atoms with Crippen molar-refractivity contribution in [1.82, 2.24) is 0 Å². The Morgan fingerprint density at radius 3 is 2.62 bits per heavy atom. The van der Waals surface area contributed by atoms with Gasteiger partial charge in [0.2, 0.25) is 0 Å². The van der Waals surface area contributed by atoms with Gasteiger partial charge in [0.25, 0.3) is 0 Å². The second-order valence-electron chi connectivity index (χ2n) is 7.61. The lowest BCUT2D eigenvalue weighted by molar-refractivity contribution is -0.157. The van der Waals surface area contributed by atoms with Gasteiger partial charge in [-0.15, -0.1) is 0 Å². The van der Waals surface area contributed by atoms with Crippen molar-refractivity contribution >= 4 is 5.78 Å². The molecule has 3 rings (SSSR count). The van der Waals surface area contributed by atoms with E-state index in [1.54, 1.807) is 0 Å². The zero-order valence-electron chi connectivity index (χ0n) is 13.0. The van der Waals surface area contributed by atoms with Crippen LogP contribution in [0.25, 0.3) is 0 Å². The summed E-state index contributed by atoms with van der Waals surface area (Å²) in [7, 11) is 0. The van der Waals surface area contributed by atoms with E-state index in [4.69, 9.17) is 0 Å². The van der Waals surface area contributed by atoms with Crippen LogP contribution in [0.2, 0.25) is 0 Å². The van der Waals surface area contributed by atoms with Crippen LogP contribution in [0.5, 0.6) is 0 Å². The summed E-state index contributed by atoms with van der Waals surface area (Å²) in [6.07, 6.45) is 11.2. The van der Waals surface area contributed by atoms with Crippen molar-refractivity contribution in [1.29, 1.82) is 0 Å². The Kier molecular flexibility index (Phi) is 4.24. The Labute approximate surface area is 127 Å². The number of fused-ring (bicyclic) bond motifs is 1. The van der Waals surface area contributed by atoms with E-state index >= 15 is 0 Å². The van der Waals surface area contributed by atoms with Crippen molar-refractivity contribution in [2.75, 3.05) is 0 Å². The first-order chi connectivity index (χ1) is 10.0. The number of aliphatic hydroxyl groups excluding tert-OH is 2. The summed E-state index contributed by atoms with van der Waals surface area (Å²) in [6.45, 7) is 2.05. The van der Waals surface area contributed by atoms with Gasteiger partial charge in [-0.3, -0.25) is 4.79 Å². The van der Waals surface area contributed by atoms with Crippen LogP contribution in [0.3, 0.4) is 0 Å². The quantitative estimate of drug-likeness (QED) is 0.786. The molecule has 3 aliphatic rings. The summed E-state index contributed by atoms with van der Waals surface area (Å²) in [5.74, 6) is 1.04. The van der Waals surface area contributed by atoms with Crippen LogP contribution >= 0.6 is 0 Å². The van der Waals surface area contributed by atoms with Crippen molar-refractivity contribution in [3.8, 4) is 0 Å². The first kappa shape index (κ1) is 15.2. The van der Waals surface area contributed by atoms with E-state index in [1.165, 1.54) is 19.3 Å². The number of hydrogen-bond donors (Lipinski definition) is 2. The molecular formula is C18H28O3. The molecule has 0 aromatic rings. The van der Waals surface area contributed by atoms with E-state index in [2.05, 4.69) is 0 Å². The topological polar surface area (TPSA) is 57.5 Å². The molecule has 0 amide bonds. The van der Waals surface area contributed by atoms with Crippen molar-refractivity contribution in [2.45, 2.75) is 70.5 Å². The highest BCUT2D eigenvalue weighted by Gasteiger charge is 2.57. The van der Waals surface area contributed by atoms with Crippen LogP contribution in [0.15, 0.2) is 12.2 Å². The molecule has 0 radical (unpaired) electrons. The number of carbonyl (C=O) groups excluding carboxylic acids is 1. The number of carbonyl (C=O) groups is 1. The van der Waals surface area contributed by atoms with Gasteiger partial charge in [-0.05, 0) is 37.5 Å². The number of rotatable bonds is 3. The third-order valence-corrected chi connectivity index (χ3v) is 6.39. The molecule has 0 aliphatic heterocycles. The third-order valence-electron chi connectivity index (χ3n) is 6.39. The maximum Gasteiger partial charge on any atom is 0.139 e. The molecule has 0 aromatic heterocycles. The summed E-state index contributed by atoms with van der Waals surface area (Å²) in [6, 6.07) is 0. The van der Waals surface area contributed by atoms with Crippen LogP contribution in [-0.2, 0) is 4.79 Å². The summed E-state index contributed by atoms with van der Waals surface area (Å²) in [5, 5.41) is 20.6. The maximum atomic E-state index is 11.9. The molecule has 21 heavy (non-hydrogen) atoms. The minimum absolute atomic E-state index is 0.0414. The Bertz CT molecular complexity index is 424. The molecule has 5 atom stereocenters. The van der Waals surface area contributed by atoms with Crippen LogP contribution in [0.4, 0.5) is 0 Å². The van der Waals surface area contributed by atoms with Crippen LogP contribution in [0.1, 0.15) is 58.3 Å². The van der Waals surface area contributed by atoms with E-state index < -0.39 is 0 Å². The molecule has 0 aromatic carbocycles. The van der Waals surface area contributed by atoms with Gasteiger partial charge in [-0.1, -0.05) is 38.3 Å². The van der Waals surface area contributed by atoms with Gasteiger partial charge in [-0.25, -0.2) is 0 Å². The van der Waals surface area contributed by atoms with Crippen molar-refractivity contribution in [3.05, 3.63) is 12.2 Å². The zero-order valence-corrected chi connectivity index (χ0v) is 13.0. The van der Waals surface area contributed by atoms with Crippen LogP contribution in [-0.4, -0.2) is 28.2 Å². The van der Waals surface area contributed by atoms with Gasteiger partial charge in [-0.2, -0.15) is 0 Å². The summed E-state index contributed by atoms with van der Waals surface area (Å²) >= 11 is 0. The number of aliphatic hydroxyl groups is 2. The second kappa shape index (κ2) is 5.85. The fourth-order valence-electron chi connectivity index (χ4n) is 4.67. The van der Waals surface area contributed by atoms with E-state index in [0.29, 0.717) is 24.5 Å². The fourth-order valence-corrected chi connectivity index (χ4v) is 4.67. The average molecular weight is 292 g/mol. The highest BCUT2D eigenvalue weighted by molar-refractivity contribution is 5.91. The van der Waals surface area contributed by atoms with Crippen molar-refractivity contribution in [2.24, 2.45) is 23.2 Å². The average Bonchev–Trinajstić information content (AvgIpc) is 2.51. The van der Waals surface area contributed by atoms with Gasteiger partial charge in [0.05, 0.1) is 12.2 Å². The fraction of sp³-hybridized carbons (Fsp3) is 0.833. The van der Waals surface area contributed by atoms with E-state index in [0.717, 1.165) is 19.3 Å². The van der Waals surface area contributed by atoms with E-state index in [1.807, 2.05) is 19.1 Å². The van der Waals surface area contributed by atoms with Gasteiger partial charge >= 0.3 is 0 Å². The van der Waals surface area contributed by atoms with Crippen molar-refractivity contribution in [3.63, 3.8) is 0 Å². The largest absolute Gasteiger partial charge is 0.393 e. The molecule has 0 bridgehead atoms. The molecule has 0 saturated heterocycles. The molecule has 3 saturated carbocycles. The monoisotopic (exact) mass is 292 g/mol. The minimum Gasteiger partial charge on any atom is -0.393 e. The van der Waals surface area contributed by atoms with Gasteiger partial charge in [0, 0.05) is 17.8 Å². The smallest absolute Gasteiger partial charge is 0.139 e. The Balaban J connectivity index is 1.65. The molecule has 2 N–H and O–H groups in total. The summed E-state index contributed by atoms with van der Waals surface area (Å²) < 4.78 is 0. The SMILES string of the molecule is C[C@@]12CC[C@H](O)[C@@H](C=C[C@H](O)C3CCCCC3)[C@@H]1CC2=O. The summed E-state index contributed by atoms with van der Waals surface area (Å²) in [5.41, 5.74) is -0.218. The predicted octanol–water partition coefficient (Wildman–Crippen LogP) is 2.85. The lowest BCUT2D eigenvalue weighted by atomic mass is 9.50. The number of hydrogen-bond acceptors (Lipinski definition) is 3. The van der Waals surface area contributed by atoms with Crippen LogP contribution in [0, 0.1) is 23.2 Å². The molecule has 3 nitrogen and oxygen atoms in total. The Hall–Kier alpha value is -0.670. The van der Waals surface area contributed by atoms with Gasteiger partial charge < -0.3 is 10.2 Å².